The molecule has 0 saturated carbocycles. The van der Waals surface area contributed by atoms with Gasteiger partial charge >= 0.3 is 0 Å². The Morgan fingerprint density at radius 2 is 1.81 bits per heavy atom. The number of nitrogens with one attached hydrogen (secondary N) is 1. The summed E-state index contributed by atoms with van der Waals surface area (Å²) in [7, 11) is 1.68. The SMILES string of the molecule is COc1ccccc1OCCN1CCc2[nH]c3cc(C)c(C)cc3c2C1.Cl. The van der Waals surface area contributed by atoms with E-state index in [1.54, 1.807) is 7.11 Å². The lowest BCUT2D eigenvalue weighted by Gasteiger charge is -2.27. The Hall–Kier alpha value is -2.17. The maximum Gasteiger partial charge on any atom is 0.161 e. The molecule has 27 heavy (non-hydrogen) atoms. The van der Waals surface area contributed by atoms with Gasteiger partial charge in [-0.25, -0.2) is 0 Å². The molecule has 1 aliphatic rings. The number of para-hydroxylation sites is 2. The summed E-state index contributed by atoms with van der Waals surface area (Å²) in [5, 5.41) is 1.37. The van der Waals surface area contributed by atoms with Crippen LogP contribution in [0.5, 0.6) is 11.5 Å². The second kappa shape index (κ2) is 8.24. The number of benzene rings is 2. The van der Waals surface area contributed by atoms with Gasteiger partial charge in [0.2, 0.25) is 0 Å². The van der Waals surface area contributed by atoms with Crippen molar-refractivity contribution in [2.75, 3.05) is 26.8 Å². The van der Waals surface area contributed by atoms with Crippen LogP contribution in [0.1, 0.15) is 22.4 Å². The zero-order valence-electron chi connectivity index (χ0n) is 16.2. The van der Waals surface area contributed by atoms with Gasteiger partial charge in [-0.2, -0.15) is 0 Å². The molecule has 2 heterocycles. The third-order valence-electron chi connectivity index (χ3n) is 5.40. The molecule has 0 amide bonds. The van der Waals surface area contributed by atoms with Crippen molar-refractivity contribution in [3.63, 3.8) is 0 Å². The van der Waals surface area contributed by atoms with Crippen LogP contribution in [-0.2, 0) is 13.0 Å². The van der Waals surface area contributed by atoms with Crippen molar-refractivity contribution < 1.29 is 9.47 Å². The minimum absolute atomic E-state index is 0. The predicted molar refractivity (Wildman–Crippen MR) is 112 cm³/mol. The first-order valence-electron chi connectivity index (χ1n) is 9.24. The Labute approximate surface area is 166 Å². The van der Waals surface area contributed by atoms with Crippen LogP contribution >= 0.6 is 12.4 Å². The molecule has 0 unspecified atom stereocenters. The van der Waals surface area contributed by atoms with Crippen LogP contribution in [0.3, 0.4) is 0 Å². The van der Waals surface area contributed by atoms with Crippen LogP contribution < -0.4 is 9.47 Å². The highest BCUT2D eigenvalue weighted by Gasteiger charge is 2.21. The Morgan fingerprint density at radius 1 is 1.07 bits per heavy atom. The molecule has 4 rings (SSSR count). The fourth-order valence-corrected chi connectivity index (χ4v) is 3.75. The van der Waals surface area contributed by atoms with Crippen LogP contribution in [0.15, 0.2) is 36.4 Å². The van der Waals surface area contributed by atoms with Gasteiger partial charge in [-0.15, -0.1) is 12.4 Å². The van der Waals surface area contributed by atoms with E-state index in [-0.39, 0.29) is 12.4 Å². The lowest BCUT2D eigenvalue weighted by atomic mass is 10.0. The quantitative estimate of drug-likeness (QED) is 0.693. The summed E-state index contributed by atoms with van der Waals surface area (Å²) < 4.78 is 11.3. The van der Waals surface area contributed by atoms with Crippen LogP contribution in [0.25, 0.3) is 10.9 Å². The average Bonchev–Trinajstić information content (AvgIpc) is 2.99. The summed E-state index contributed by atoms with van der Waals surface area (Å²) in [6, 6.07) is 12.4. The minimum atomic E-state index is 0. The van der Waals surface area contributed by atoms with Gasteiger partial charge in [-0.05, 0) is 54.8 Å². The summed E-state index contributed by atoms with van der Waals surface area (Å²) in [4.78, 5) is 6.10. The fourth-order valence-electron chi connectivity index (χ4n) is 3.75. The third-order valence-corrected chi connectivity index (χ3v) is 5.40. The van der Waals surface area contributed by atoms with Gasteiger partial charge < -0.3 is 14.5 Å². The number of aromatic amines is 1. The molecule has 3 aromatic rings. The molecule has 1 aliphatic heterocycles. The molecule has 1 aromatic heterocycles. The molecular weight excluding hydrogens is 360 g/mol. The number of hydrogen-bond acceptors (Lipinski definition) is 3. The molecule has 0 radical (unpaired) electrons. The highest BCUT2D eigenvalue weighted by Crippen LogP contribution is 2.30. The largest absolute Gasteiger partial charge is 0.493 e. The molecule has 0 bridgehead atoms. The van der Waals surface area contributed by atoms with E-state index in [1.165, 1.54) is 33.3 Å². The molecule has 2 aromatic carbocycles. The third kappa shape index (κ3) is 3.92. The highest BCUT2D eigenvalue weighted by molar-refractivity contribution is 5.86. The molecule has 0 spiro atoms. The Bertz CT molecular complexity index is 935. The van der Waals surface area contributed by atoms with E-state index in [9.17, 15) is 0 Å². The Morgan fingerprint density at radius 3 is 2.59 bits per heavy atom. The van der Waals surface area contributed by atoms with Crippen LogP contribution in [0.4, 0.5) is 0 Å². The van der Waals surface area contributed by atoms with Gasteiger partial charge in [-0.1, -0.05) is 12.1 Å². The van der Waals surface area contributed by atoms with E-state index in [2.05, 4.69) is 35.9 Å². The van der Waals surface area contributed by atoms with Crippen molar-refractivity contribution in [2.24, 2.45) is 0 Å². The van der Waals surface area contributed by atoms with Gasteiger partial charge in [-0.3, -0.25) is 4.90 Å². The summed E-state index contributed by atoms with van der Waals surface area (Å²) in [5.41, 5.74) is 6.82. The summed E-state index contributed by atoms with van der Waals surface area (Å²) in [6.07, 6.45) is 1.07. The molecule has 0 saturated heterocycles. The number of ether oxygens (including phenoxy) is 2. The number of hydrogen-bond donors (Lipinski definition) is 1. The summed E-state index contributed by atoms with van der Waals surface area (Å²) in [6.45, 7) is 7.98. The fraction of sp³-hybridized carbons (Fsp3) is 0.364. The molecular formula is C22H27ClN2O2. The molecule has 5 heteroatoms. The van der Waals surface area contributed by atoms with Crippen molar-refractivity contribution in [3.05, 3.63) is 58.8 Å². The maximum atomic E-state index is 5.95. The van der Waals surface area contributed by atoms with Gasteiger partial charge in [0.15, 0.2) is 11.5 Å². The van der Waals surface area contributed by atoms with Crippen molar-refractivity contribution in [1.82, 2.24) is 9.88 Å². The summed E-state index contributed by atoms with van der Waals surface area (Å²) >= 11 is 0. The zero-order valence-corrected chi connectivity index (χ0v) is 17.0. The molecule has 0 atom stereocenters. The van der Waals surface area contributed by atoms with Gasteiger partial charge in [0.1, 0.15) is 6.61 Å². The number of rotatable bonds is 5. The topological polar surface area (TPSA) is 37.5 Å². The van der Waals surface area contributed by atoms with E-state index in [4.69, 9.17) is 9.47 Å². The normalized spacial score (nSPS) is 13.9. The molecule has 0 aliphatic carbocycles. The molecule has 0 fully saturated rings. The first kappa shape index (κ1) is 19.6. The number of aryl methyl sites for hydroxylation is 2. The van der Waals surface area contributed by atoms with E-state index in [1.807, 2.05) is 24.3 Å². The Kier molecular flexibility index (Phi) is 5.98. The van der Waals surface area contributed by atoms with Crippen molar-refractivity contribution in [2.45, 2.75) is 26.8 Å². The van der Waals surface area contributed by atoms with Crippen molar-refractivity contribution >= 4 is 23.3 Å². The first-order chi connectivity index (χ1) is 12.7. The number of nitrogens with zero attached hydrogens (tertiary/aromatic N) is 1. The van der Waals surface area contributed by atoms with Gasteiger partial charge in [0.05, 0.1) is 7.11 Å². The second-order valence-electron chi connectivity index (χ2n) is 7.09. The second-order valence-corrected chi connectivity index (χ2v) is 7.09. The van der Waals surface area contributed by atoms with Gasteiger partial charge in [0.25, 0.3) is 0 Å². The predicted octanol–water partition coefficient (Wildman–Crippen LogP) is 4.65. The average molecular weight is 387 g/mol. The number of H-pyrrole nitrogens is 1. The summed E-state index contributed by atoms with van der Waals surface area (Å²) in [5.74, 6) is 1.60. The van der Waals surface area contributed by atoms with E-state index in [0.717, 1.165) is 37.6 Å². The monoisotopic (exact) mass is 386 g/mol. The lowest BCUT2D eigenvalue weighted by molar-refractivity contribution is 0.193. The van der Waals surface area contributed by atoms with Crippen LogP contribution in [-0.4, -0.2) is 36.7 Å². The molecule has 1 N–H and O–H groups in total. The standard InChI is InChI=1S/C22H26N2O2.ClH/c1-15-12-17-18-14-24(9-8-19(18)23-20(17)13-16(15)2)10-11-26-22-7-5-4-6-21(22)25-3;/h4-7,12-13,23H,8-11,14H2,1-3H3;1H. The van der Waals surface area contributed by atoms with Crippen LogP contribution in [0, 0.1) is 13.8 Å². The molecule has 144 valence electrons. The van der Waals surface area contributed by atoms with Crippen molar-refractivity contribution in [3.8, 4) is 11.5 Å². The highest BCUT2D eigenvalue weighted by atomic mass is 35.5. The van der Waals surface area contributed by atoms with Gasteiger partial charge in [0, 0.05) is 42.7 Å². The van der Waals surface area contributed by atoms with E-state index >= 15 is 0 Å². The van der Waals surface area contributed by atoms with E-state index in [0.29, 0.717) is 6.61 Å². The number of aromatic nitrogens is 1. The van der Waals surface area contributed by atoms with Crippen molar-refractivity contribution in [1.29, 1.82) is 0 Å². The van der Waals surface area contributed by atoms with E-state index < -0.39 is 0 Å². The van der Waals surface area contributed by atoms with Crippen LogP contribution in [0.2, 0.25) is 0 Å². The number of methoxy groups -OCH3 is 1. The molecule has 4 nitrogen and oxygen atoms in total. The number of fused-ring (bicyclic) bond motifs is 3. The zero-order chi connectivity index (χ0) is 18.1. The smallest absolute Gasteiger partial charge is 0.161 e. The maximum absolute atomic E-state index is 5.95. The first-order valence-corrected chi connectivity index (χ1v) is 9.24. The lowest BCUT2D eigenvalue weighted by Crippen LogP contribution is -2.33. The minimum Gasteiger partial charge on any atom is -0.493 e. The number of halogens is 1. The Balaban J connectivity index is 0.00000210.